The number of hydrogen-bond acceptors (Lipinski definition) is 4. The second-order valence-electron chi connectivity index (χ2n) is 3.55. The van der Waals surface area contributed by atoms with Gasteiger partial charge in [-0.05, 0) is 25.8 Å². The molecule has 0 spiro atoms. The molecule has 1 rings (SSSR count). The SMILES string of the molecule is CC/C=C(/C)C(=O)[C@H](C#N)c1nc(C)cs1. The van der Waals surface area contributed by atoms with Crippen molar-refractivity contribution in [1.82, 2.24) is 4.98 Å². The van der Waals surface area contributed by atoms with Crippen molar-refractivity contribution in [3.63, 3.8) is 0 Å². The molecule has 0 aromatic carbocycles. The van der Waals surface area contributed by atoms with Crippen LogP contribution in [0.5, 0.6) is 0 Å². The summed E-state index contributed by atoms with van der Waals surface area (Å²) in [5.41, 5.74) is 1.49. The molecule has 3 nitrogen and oxygen atoms in total. The van der Waals surface area contributed by atoms with E-state index in [0.29, 0.717) is 10.6 Å². The van der Waals surface area contributed by atoms with Gasteiger partial charge in [0.1, 0.15) is 5.01 Å². The van der Waals surface area contributed by atoms with E-state index in [9.17, 15) is 4.79 Å². The van der Waals surface area contributed by atoms with Gasteiger partial charge in [0.25, 0.3) is 0 Å². The third-order valence-electron chi connectivity index (χ3n) is 2.17. The van der Waals surface area contributed by atoms with Crippen LogP contribution in [0.4, 0.5) is 0 Å². The van der Waals surface area contributed by atoms with E-state index < -0.39 is 5.92 Å². The molecule has 0 aliphatic carbocycles. The maximum absolute atomic E-state index is 11.9. The van der Waals surface area contributed by atoms with Crippen molar-refractivity contribution in [1.29, 1.82) is 5.26 Å². The van der Waals surface area contributed by atoms with E-state index >= 15 is 0 Å². The molecule has 0 saturated carbocycles. The molecule has 1 atom stereocenters. The van der Waals surface area contributed by atoms with Gasteiger partial charge in [-0.1, -0.05) is 13.0 Å². The van der Waals surface area contributed by atoms with Gasteiger partial charge in [-0.15, -0.1) is 11.3 Å². The highest BCUT2D eigenvalue weighted by molar-refractivity contribution is 7.10. The first kappa shape index (κ1) is 12.6. The lowest BCUT2D eigenvalue weighted by atomic mass is 10.00. The second-order valence-corrected chi connectivity index (χ2v) is 4.44. The molecule has 0 N–H and O–H groups in total. The predicted molar refractivity (Wildman–Crippen MR) is 64.3 cm³/mol. The number of rotatable bonds is 4. The fourth-order valence-corrected chi connectivity index (χ4v) is 2.20. The first-order valence-electron chi connectivity index (χ1n) is 5.12. The number of carbonyl (C=O) groups is 1. The summed E-state index contributed by atoms with van der Waals surface area (Å²) in [6, 6.07) is 2.03. The summed E-state index contributed by atoms with van der Waals surface area (Å²) in [6.45, 7) is 5.57. The molecule has 0 bridgehead atoms. The number of ketones is 1. The number of Topliss-reactive ketones (excluding diaryl/α,β-unsaturated/α-hetero) is 1. The Bertz CT molecular complexity index is 454. The van der Waals surface area contributed by atoms with E-state index in [4.69, 9.17) is 5.26 Å². The summed E-state index contributed by atoms with van der Waals surface area (Å²) in [4.78, 5) is 16.1. The Labute approximate surface area is 99.4 Å². The summed E-state index contributed by atoms with van der Waals surface area (Å²) < 4.78 is 0. The van der Waals surface area contributed by atoms with Gasteiger partial charge in [0.05, 0.1) is 6.07 Å². The van der Waals surface area contributed by atoms with Crippen LogP contribution in [0.15, 0.2) is 17.0 Å². The zero-order valence-corrected chi connectivity index (χ0v) is 10.5. The highest BCUT2D eigenvalue weighted by atomic mass is 32.1. The molecule has 0 saturated heterocycles. The Kier molecular flexibility index (Phi) is 4.39. The number of aryl methyl sites for hydroxylation is 1. The standard InChI is InChI=1S/C12H14N2OS/c1-4-5-8(2)11(15)10(6-13)12-14-9(3)7-16-12/h5,7,10H,4H2,1-3H3/b8-5-/t10-/m0/s1. The van der Waals surface area contributed by atoms with Crippen LogP contribution in [0.25, 0.3) is 0 Å². The van der Waals surface area contributed by atoms with Gasteiger partial charge in [0.15, 0.2) is 11.7 Å². The summed E-state index contributed by atoms with van der Waals surface area (Å²) in [5.74, 6) is -0.889. The summed E-state index contributed by atoms with van der Waals surface area (Å²) in [5, 5.41) is 11.5. The topological polar surface area (TPSA) is 53.8 Å². The average molecular weight is 234 g/mol. The van der Waals surface area contributed by atoms with Crippen LogP contribution >= 0.6 is 11.3 Å². The van der Waals surface area contributed by atoms with E-state index in [1.165, 1.54) is 11.3 Å². The maximum atomic E-state index is 11.9. The molecule has 1 heterocycles. The zero-order chi connectivity index (χ0) is 12.1. The number of aromatic nitrogens is 1. The van der Waals surface area contributed by atoms with E-state index in [1.54, 1.807) is 6.92 Å². The number of thiazole rings is 1. The minimum atomic E-state index is -0.749. The molecular weight excluding hydrogens is 220 g/mol. The molecule has 0 amide bonds. The summed E-state index contributed by atoms with van der Waals surface area (Å²) in [7, 11) is 0. The Hall–Kier alpha value is -1.47. The van der Waals surface area contributed by atoms with Crippen molar-refractivity contribution in [2.24, 2.45) is 0 Å². The minimum absolute atomic E-state index is 0.140. The van der Waals surface area contributed by atoms with Crippen molar-refractivity contribution in [2.75, 3.05) is 0 Å². The smallest absolute Gasteiger partial charge is 0.182 e. The Morgan fingerprint density at radius 1 is 1.75 bits per heavy atom. The molecule has 84 valence electrons. The van der Waals surface area contributed by atoms with Crippen LogP contribution in [0.2, 0.25) is 0 Å². The normalized spacial score (nSPS) is 13.2. The van der Waals surface area contributed by atoms with Crippen molar-refractivity contribution in [2.45, 2.75) is 33.1 Å². The molecule has 0 radical (unpaired) electrons. The Balaban J connectivity index is 2.97. The van der Waals surface area contributed by atoms with E-state index in [2.05, 4.69) is 4.98 Å². The van der Waals surface area contributed by atoms with Crippen molar-refractivity contribution >= 4 is 17.1 Å². The lowest BCUT2D eigenvalue weighted by Gasteiger charge is -2.04. The number of allylic oxidation sites excluding steroid dienone is 2. The largest absolute Gasteiger partial charge is 0.293 e. The minimum Gasteiger partial charge on any atom is -0.293 e. The lowest BCUT2D eigenvalue weighted by Crippen LogP contribution is -2.11. The molecule has 0 unspecified atom stereocenters. The van der Waals surface area contributed by atoms with E-state index in [1.807, 2.05) is 31.4 Å². The van der Waals surface area contributed by atoms with Gasteiger partial charge in [0, 0.05) is 11.1 Å². The summed E-state index contributed by atoms with van der Waals surface area (Å²) >= 11 is 1.36. The third kappa shape index (κ3) is 2.77. The van der Waals surface area contributed by atoms with E-state index in [-0.39, 0.29) is 5.78 Å². The predicted octanol–water partition coefficient (Wildman–Crippen LogP) is 2.98. The second kappa shape index (κ2) is 5.57. The fraction of sp³-hybridized carbons (Fsp3) is 0.417. The van der Waals surface area contributed by atoms with Gasteiger partial charge < -0.3 is 0 Å². The van der Waals surface area contributed by atoms with Crippen LogP contribution in [0.1, 0.15) is 36.9 Å². The molecule has 4 heteroatoms. The molecule has 0 aliphatic rings. The molecule has 0 fully saturated rings. The summed E-state index contributed by atoms with van der Waals surface area (Å²) in [6.07, 6.45) is 2.64. The van der Waals surface area contributed by atoms with Crippen LogP contribution in [0.3, 0.4) is 0 Å². The van der Waals surface area contributed by atoms with Crippen molar-refractivity contribution < 1.29 is 4.79 Å². The monoisotopic (exact) mass is 234 g/mol. The lowest BCUT2D eigenvalue weighted by molar-refractivity contribution is -0.115. The first-order valence-corrected chi connectivity index (χ1v) is 6.00. The van der Waals surface area contributed by atoms with Gasteiger partial charge in [0.2, 0.25) is 0 Å². The third-order valence-corrected chi connectivity index (χ3v) is 3.20. The van der Waals surface area contributed by atoms with Crippen LogP contribution in [0, 0.1) is 18.3 Å². The van der Waals surface area contributed by atoms with Gasteiger partial charge in [-0.25, -0.2) is 4.98 Å². The van der Waals surface area contributed by atoms with Crippen LogP contribution in [-0.2, 0) is 4.79 Å². The van der Waals surface area contributed by atoms with E-state index in [0.717, 1.165) is 12.1 Å². The molecule has 1 aromatic heterocycles. The van der Waals surface area contributed by atoms with Gasteiger partial charge in [-0.2, -0.15) is 5.26 Å². The van der Waals surface area contributed by atoms with Gasteiger partial charge >= 0.3 is 0 Å². The maximum Gasteiger partial charge on any atom is 0.182 e. The number of carbonyl (C=O) groups excluding carboxylic acids is 1. The van der Waals surface area contributed by atoms with Crippen molar-refractivity contribution in [3.05, 3.63) is 27.7 Å². The molecule has 1 aromatic rings. The quantitative estimate of drug-likeness (QED) is 0.752. The number of hydrogen-bond donors (Lipinski definition) is 0. The highest BCUT2D eigenvalue weighted by Crippen LogP contribution is 2.23. The fourth-order valence-electron chi connectivity index (χ4n) is 1.37. The average Bonchev–Trinajstić information content (AvgIpc) is 2.66. The van der Waals surface area contributed by atoms with Crippen molar-refractivity contribution in [3.8, 4) is 6.07 Å². The Morgan fingerprint density at radius 2 is 2.44 bits per heavy atom. The molecule has 0 aliphatic heterocycles. The van der Waals surface area contributed by atoms with Crippen LogP contribution < -0.4 is 0 Å². The van der Waals surface area contributed by atoms with Gasteiger partial charge in [-0.3, -0.25) is 4.79 Å². The number of nitrogens with zero attached hydrogens (tertiary/aromatic N) is 2. The number of nitriles is 1. The highest BCUT2D eigenvalue weighted by Gasteiger charge is 2.23. The zero-order valence-electron chi connectivity index (χ0n) is 9.65. The van der Waals surface area contributed by atoms with Crippen LogP contribution in [-0.4, -0.2) is 10.8 Å². The first-order chi connectivity index (χ1) is 7.60. The molecule has 16 heavy (non-hydrogen) atoms. The Morgan fingerprint density at radius 3 is 2.88 bits per heavy atom. The molecular formula is C12H14N2OS.